The second-order valence-corrected chi connectivity index (χ2v) is 8.74. The Morgan fingerprint density at radius 3 is 2.03 bits per heavy atom. The van der Waals surface area contributed by atoms with E-state index in [-0.39, 0.29) is 5.82 Å². The number of hydrogen-bond acceptors (Lipinski definition) is 5. The Labute approximate surface area is 189 Å². The van der Waals surface area contributed by atoms with Gasteiger partial charge in [-0.25, -0.2) is 14.4 Å². The second-order valence-electron chi connectivity index (χ2n) is 7.53. The van der Waals surface area contributed by atoms with Crippen molar-refractivity contribution in [2.75, 3.05) is 10.6 Å². The summed E-state index contributed by atoms with van der Waals surface area (Å²) in [5.74, 6) is 1.20. The van der Waals surface area contributed by atoms with E-state index in [1.807, 2.05) is 61.5 Å². The average molecular weight is 441 g/mol. The van der Waals surface area contributed by atoms with Crippen molar-refractivity contribution in [3.05, 3.63) is 95.4 Å². The summed E-state index contributed by atoms with van der Waals surface area (Å²) in [7, 11) is 0. The maximum Gasteiger partial charge on any atom is 0.143 e. The standard InChI is InChI=1S/C26H21FN4S/c1-16-23(18-8-10-19(27)11-9-18)24-25(28-17(2)29-26(24)32-16)31-22-14-12-21(13-15-22)30-20-6-4-3-5-7-20/h3-15,30H,1-2H3,(H,28,29,31). The summed E-state index contributed by atoms with van der Waals surface area (Å²) in [5.41, 5.74) is 4.96. The van der Waals surface area contributed by atoms with E-state index < -0.39 is 0 Å². The minimum atomic E-state index is -0.249. The predicted molar refractivity (Wildman–Crippen MR) is 132 cm³/mol. The fraction of sp³-hybridized carbons (Fsp3) is 0.0769. The van der Waals surface area contributed by atoms with E-state index >= 15 is 0 Å². The molecule has 0 aliphatic rings. The number of benzene rings is 3. The molecule has 0 saturated carbocycles. The number of anilines is 4. The Balaban J connectivity index is 1.50. The lowest BCUT2D eigenvalue weighted by molar-refractivity contribution is 0.628. The highest BCUT2D eigenvalue weighted by Crippen LogP contribution is 2.41. The van der Waals surface area contributed by atoms with Crippen LogP contribution in [0.5, 0.6) is 0 Å². The Bertz CT molecular complexity index is 1380. The minimum absolute atomic E-state index is 0.249. The van der Waals surface area contributed by atoms with Gasteiger partial charge < -0.3 is 10.6 Å². The van der Waals surface area contributed by atoms with Gasteiger partial charge in [0, 0.05) is 27.5 Å². The molecule has 3 aromatic carbocycles. The van der Waals surface area contributed by atoms with E-state index in [0.717, 1.165) is 49.1 Å². The summed E-state index contributed by atoms with van der Waals surface area (Å²) in [6.45, 7) is 3.96. The summed E-state index contributed by atoms with van der Waals surface area (Å²) in [4.78, 5) is 11.4. The highest BCUT2D eigenvalue weighted by Gasteiger charge is 2.18. The first-order valence-electron chi connectivity index (χ1n) is 10.3. The molecule has 0 aliphatic heterocycles. The summed E-state index contributed by atoms with van der Waals surface area (Å²) < 4.78 is 13.5. The molecule has 5 aromatic rings. The van der Waals surface area contributed by atoms with Crippen molar-refractivity contribution in [1.29, 1.82) is 0 Å². The quantitative estimate of drug-likeness (QED) is 0.295. The van der Waals surface area contributed by atoms with Crippen LogP contribution in [0, 0.1) is 19.7 Å². The van der Waals surface area contributed by atoms with E-state index in [2.05, 4.69) is 22.5 Å². The number of nitrogens with one attached hydrogen (secondary N) is 2. The van der Waals surface area contributed by atoms with Crippen LogP contribution < -0.4 is 10.6 Å². The number of aromatic nitrogens is 2. The molecule has 6 heteroatoms. The topological polar surface area (TPSA) is 49.8 Å². The molecule has 32 heavy (non-hydrogen) atoms. The number of para-hydroxylation sites is 1. The third-order valence-electron chi connectivity index (χ3n) is 5.18. The van der Waals surface area contributed by atoms with Gasteiger partial charge >= 0.3 is 0 Å². The molecule has 5 rings (SSSR count). The van der Waals surface area contributed by atoms with Crippen LogP contribution >= 0.6 is 11.3 Å². The Hall–Kier alpha value is -3.77. The second kappa shape index (κ2) is 8.40. The molecule has 0 aliphatic carbocycles. The molecular weight excluding hydrogens is 419 g/mol. The van der Waals surface area contributed by atoms with Gasteiger partial charge in [0.1, 0.15) is 22.3 Å². The molecule has 0 atom stereocenters. The van der Waals surface area contributed by atoms with Crippen LogP contribution in [0.2, 0.25) is 0 Å². The minimum Gasteiger partial charge on any atom is -0.356 e. The van der Waals surface area contributed by atoms with Crippen LogP contribution in [-0.4, -0.2) is 9.97 Å². The summed E-state index contributed by atoms with van der Waals surface area (Å²) in [5, 5.41) is 7.81. The molecule has 0 amide bonds. The number of nitrogens with zero attached hydrogens (tertiary/aromatic N) is 2. The molecule has 0 spiro atoms. The Morgan fingerprint density at radius 2 is 1.34 bits per heavy atom. The average Bonchev–Trinajstić information content (AvgIpc) is 3.12. The molecule has 158 valence electrons. The zero-order valence-corrected chi connectivity index (χ0v) is 18.5. The first kappa shape index (κ1) is 20.2. The SMILES string of the molecule is Cc1nc(Nc2ccc(Nc3ccccc3)cc2)c2c(-c3ccc(F)cc3)c(C)sc2n1. The molecule has 0 radical (unpaired) electrons. The molecule has 2 aromatic heterocycles. The van der Waals surface area contributed by atoms with E-state index in [4.69, 9.17) is 4.98 Å². The van der Waals surface area contributed by atoms with Gasteiger partial charge in [0.25, 0.3) is 0 Å². The van der Waals surface area contributed by atoms with Crippen LogP contribution in [0.1, 0.15) is 10.7 Å². The lowest BCUT2D eigenvalue weighted by Crippen LogP contribution is -1.99. The maximum absolute atomic E-state index is 13.5. The van der Waals surface area contributed by atoms with Crippen molar-refractivity contribution in [3.63, 3.8) is 0 Å². The van der Waals surface area contributed by atoms with Crippen molar-refractivity contribution in [3.8, 4) is 11.1 Å². The van der Waals surface area contributed by atoms with E-state index in [1.165, 1.54) is 12.1 Å². The zero-order valence-electron chi connectivity index (χ0n) is 17.7. The maximum atomic E-state index is 13.5. The first-order chi connectivity index (χ1) is 15.6. The van der Waals surface area contributed by atoms with Crippen molar-refractivity contribution in [2.45, 2.75) is 13.8 Å². The van der Waals surface area contributed by atoms with Gasteiger partial charge in [0.15, 0.2) is 0 Å². The van der Waals surface area contributed by atoms with Crippen molar-refractivity contribution < 1.29 is 4.39 Å². The molecule has 2 N–H and O–H groups in total. The highest BCUT2D eigenvalue weighted by atomic mass is 32.1. The number of rotatable bonds is 5. The molecule has 2 heterocycles. The van der Waals surface area contributed by atoms with Gasteiger partial charge in [0.2, 0.25) is 0 Å². The zero-order chi connectivity index (χ0) is 22.1. The number of aryl methyl sites for hydroxylation is 2. The summed E-state index contributed by atoms with van der Waals surface area (Å²) in [6, 6.07) is 24.7. The van der Waals surface area contributed by atoms with Crippen LogP contribution in [0.4, 0.5) is 27.3 Å². The lowest BCUT2D eigenvalue weighted by Gasteiger charge is -2.11. The fourth-order valence-electron chi connectivity index (χ4n) is 3.73. The largest absolute Gasteiger partial charge is 0.356 e. The molecule has 0 unspecified atom stereocenters. The monoisotopic (exact) mass is 440 g/mol. The number of thiophene rings is 1. The number of halogens is 1. The molecule has 4 nitrogen and oxygen atoms in total. The van der Waals surface area contributed by atoms with Crippen molar-refractivity contribution in [1.82, 2.24) is 9.97 Å². The van der Waals surface area contributed by atoms with Crippen LogP contribution in [0.3, 0.4) is 0 Å². The van der Waals surface area contributed by atoms with Crippen molar-refractivity contribution >= 4 is 44.4 Å². The van der Waals surface area contributed by atoms with Gasteiger partial charge in [0.05, 0.1) is 5.39 Å². The Morgan fingerprint density at radius 1 is 0.719 bits per heavy atom. The summed E-state index contributed by atoms with van der Waals surface area (Å²) >= 11 is 1.63. The van der Waals surface area contributed by atoms with Gasteiger partial charge in [-0.15, -0.1) is 11.3 Å². The van der Waals surface area contributed by atoms with Gasteiger partial charge in [-0.2, -0.15) is 0 Å². The smallest absolute Gasteiger partial charge is 0.143 e. The van der Waals surface area contributed by atoms with Crippen molar-refractivity contribution in [2.24, 2.45) is 0 Å². The van der Waals surface area contributed by atoms with E-state index in [1.54, 1.807) is 23.5 Å². The molecular formula is C26H21FN4S. The number of fused-ring (bicyclic) bond motifs is 1. The van der Waals surface area contributed by atoms with Crippen LogP contribution in [0.25, 0.3) is 21.3 Å². The summed E-state index contributed by atoms with van der Waals surface area (Å²) in [6.07, 6.45) is 0. The van der Waals surface area contributed by atoms with Gasteiger partial charge in [-0.1, -0.05) is 30.3 Å². The normalized spacial score (nSPS) is 11.0. The molecule has 0 bridgehead atoms. The van der Waals surface area contributed by atoms with Gasteiger partial charge in [-0.05, 0) is 67.9 Å². The fourth-order valence-corrected chi connectivity index (χ4v) is 4.83. The predicted octanol–water partition coefficient (Wildman–Crippen LogP) is 7.60. The third-order valence-corrected chi connectivity index (χ3v) is 6.18. The van der Waals surface area contributed by atoms with Gasteiger partial charge in [-0.3, -0.25) is 0 Å². The first-order valence-corrected chi connectivity index (χ1v) is 11.1. The number of hydrogen-bond donors (Lipinski definition) is 2. The van der Waals surface area contributed by atoms with Crippen LogP contribution in [0.15, 0.2) is 78.9 Å². The molecule has 0 saturated heterocycles. The third kappa shape index (κ3) is 4.05. The van der Waals surface area contributed by atoms with E-state index in [9.17, 15) is 4.39 Å². The van der Waals surface area contributed by atoms with Crippen LogP contribution in [-0.2, 0) is 0 Å². The Kier molecular flexibility index (Phi) is 5.29. The lowest BCUT2D eigenvalue weighted by atomic mass is 10.0. The van der Waals surface area contributed by atoms with E-state index in [0.29, 0.717) is 5.82 Å². The highest BCUT2D eigenvalue weighted by molar-refractivity contribution is 7.19. The molecule has 0 fully saturated rings.